The Hall–Kier alpha value is -1.26. The standard InChI is InChI=1S/C19H30N2O2.ClH/c1-4-10-18(2,20)17(22)21-14-19(11-5-6-12-19)15-8-7-9-16(13-15)23-3;/h7-9,13H,4-6,10-12,14,20H2,1-3H3,(H,21,22);1H. The molecule has 2 rings (SSSR count). The third kappa shape index (κ3) is 4.64. The molecule has 5 heteroatoms. The number of nitrogens with one attached hydrogen (secondary N) is 1. The number of methoxy groups -OCH3 is 1. The van der Waals surface area contributed by atoms with E-state index in [0.717, 1.165) is 25.0 Å². The van der Waals surface area contributed by atoms with Crippen LogP contribution in [0.15, 0.2) is 24.3 Å². The van der Waals surface area contributed by atoms with Crippen molar-refractivity contribution in [3.63, 3.8) is 0 Å². The molecule has 0 spiro atoms. The average molecular weight is 355 g/mol. The Balaban J connectivity index is 0.00000288. The maximum absolute atomic E-state index is 12.4. The number of amides is 1. The summed E-state index contributed by atoms with van der Waals surface area (Å²) in [6.07, 6.45) is 6.18. The van der Waals surface area contributed by atoms with Gasteiger partial charge in [0.2, 0.25) is 5.91 Å². The fourth-order valence-corrected chi connectivity index (χ4v) is 3.66. The molecule has 1 saturated carbocycles. The number of rotatable bonds is 7. The summed E-state index contributed by atoms with van der Waals surface area (Å²) in [6.45, 7) is 4.52. The SMILES string of the molecule is CCCC(C)(N)C(=O)NCC1(c2cccc(OC)c2)CCCC1.Cl. The van der Waals surface area contributed by atoms with Gasteiger partial charge in [0, 0.05) is 12.0 Å². The van der Waals surface area contributed by atoms with Gasteiger partial charge in [0.15, 0.2) is 0 Å². The first-order chi connectivity index (χ1) is 10.9. The Morgan fingerprint density at radius 2 is 2.04 bits per heavy atom. The molecule has 1 atom stereocenters. The maximum atomic E-state index is 12.4. The minimum Gasteiger partial charge on any atom is -0.497 e. The third-order valence-electron chi connectivity index (χ3n) is 5.12. The van der Waals surface area contributed by atoms with Gasteiger partial charge in [-0.25, -0.2) is 0 Å². The molecule has 0 radical (unpaired) electrons. The molecule has 1 unspecified atom stereocenters. The molecular formula is C19H31ClN2O2. The fraction of sp³-hybridized carbons (Fsp3) is 0.632. The van der Waals surface area contributed by atoms with Crippen molar-refractivity contribution >= 4 is 18.3 Å². The molecule has 0 bridgehead atoms. The van der Waals surface area contributed by atoms with Crippen LogP contribution in [0.25, 0.3) is 0 Å². The van der Waals surface area contributed by atoms with Crippen LogP contribution in [0.2, 0.25) is 0 Å². The van der Waals surface area contributed by atoms with E-state index in [4.69, 9.17) is 10.5 Å². The number of nitrogens with two attached hydrogens (primary N) is 1. The van der Waals surface area contributed by atoms with Crippen LogP contribution in [0.1, 0.15) is 57.9 Å². The van der Waals surface area contributed by atoms with Crippen molar-refractivity contribution in [2.75, 3.05) is 13.7 Å². The highest BCUT2D eigenvalue weighted by atomic mass is 35.5. The fourth-order valence-electron chi connectivity index (χ4n) is 3.66. The Morgan fingerprint density at radius 3 is 2.62 bits per heavy atom. The highest BCUT2D eigenvalue weighted by Gasteiger charge is 2.37. The molecule has 24 heavy (non-hydrogen) atoms. The van der Waals surface area contributed by atoms with Crippen molar-refractivity contribution < 1.29 is 9.53 Å². The first-order valence-electron chi connectivity index (χ1n) is 8.65. The number of hydrogen-bond donors (Lipinski definition) is 2. The van der Waals surface area contributed by atoms with Gasteiger partial charge in [-0.3, -0.25) is 4.79 Å². The van der Waals surface area contributed by atoms with Crippen LogP contribution in [0.5, 0.6) is 5.75 Å². The summed E-state index contributed by atoms with van der Waals surface area (Å²) >= 11 is 0. The molecule has 0 aliphatic heterocycles. The zero-order valence-corrected chi connectivity index (χ0v) is 15.9. The van der Waals surface area contributed by atoms with E-state index in [1.807, 2.05) is 26.0 Å². The molecule has 1 aromatic carbocycles. The van der Waals surface area contributed by atoms with Gasteiger partial charge in [0.05, 0.1) is 12.6 Å². The lowest BCUT2D eigenvalue weighted by Crippen LogP contribution is -2.54. The maximum Gasteiger partial charge on any atom is 0.239 e. The quantitative estimate of drug-likeness (QED) is 0.786. The summed E-state index contributed by atoms with van der Waals surface area (Å²) in [7, 11) is 1.69. The zero-order valence-electron chi connectivity index (χ0n) is 15.1. The number of carbonyl (C=O) groups excluding carboxylic acids is 1. The van der Waals surface area contributed by atoms with Gasteiger partial charge < -0.3 is 15.8 Å². The highest BCUT2D eigenvalue weighted by Crippen LogP contribution is 2.41. The van der Waals surface area contributed by atoms with E-state index in [-0.39, 0.29) is 23.7 Å². The molecule has 0 heterocycles. The molecule has 3 N–H and O–H groups in total. The molecule has 1 amide bonds. The van der Waals surface area contributed by atoms with Crippen molar-refractivity contribution in [2.24, 2.45) is 5.73 Å². The molecule has 0 aromatic heterocycles. The summed E-state index contributed by atoms with van der Waals surface area (Å²) < 4.78 is 5.36. The van der Waals surface area contributed by atoms with Crippen molar-refractivity contribution in [2.45, 2.75) is 63.3 Å². The molecule has 1 aliphatic carbocycles. The van der Waals surface area contributed by atoms with Crippen LogP contribution in [0.3, 0.4) is 0 Å². The van der Waals surface area contributed by atoms with Gasteiger partial charge in [-0.2, -0.15) is 0 Å². The van der Waals surface area contributed by atoms with Gasteiger partial charge >= 0.3 is 0 Å². The second-order valence-corrected chi connectivity index (χ2v) is 7.07. The summed E-state index contributed by atoms with van der Waals surface area (Å²) in [5.41, 5.74) is 6.62. The minimum atomic E-state index is -0.789. The summed E-state index contributed by atoms with van der Waals surface area (Å²) in [5.74, 6) is 0.822. The first-order valence-corrected chi connectivity index (χ1v) is 8.65. The van der Waals surface area contributed by atoms with Gasteiger partial charge in [-0.1, -0.05) is 38.3 Å². The summed E-state index contributed by atoms with van der Waals surface area (Å²) in [5, 5.41) is 3.12. The predicted molar refractivity (Wildman–Crippen MR) is 101 cm³/mol. The molecule has 1 aliphatic rings. The Labute approximate surface area is 151 Å². The van der Waals surface area contributed by atoms with Crippen LogP contribution < -0.4 is 15.8 Å². The molecule has 136 valence electrons. The van der Waals surface area contributed by atoms with Crippen LogP contribution in [0.4, 0.5) is 0 Å². The van der Waals surface area contributed by atoms with Crippen LogP contribution >= 0.6 is 12.4 Å². The average Bonchev–Trinajstić information content (AvgIpc) is 3.02. The monoisotopic (exact) mass is 354 g/mol. The molecule has 0 saturated heterocycles. The number of benzene rings is 1. The highest BCUT2D eigenvalue weighted by molar-refractivity contribution is 5.85. The second-order valence-electron chi connectivity index (χ2n) is 7.07. The van der Waals surface area contributed by atoms with E-state index in [1.165, 1.54) is 18.4 Å². The lowest BCUT2D eigenvalue weighted by molar-refractivity contribution is -0.126. The van der Waals surface area contributed by atoms with E-state index in [9.17, 15) is 4.79 Å². The smallest absolute Gasteiger partial charge is 0.239 e. The van der Waals surface area contributed by atoms with Crippen molar-refractivity contribution in [3.05, 3.63) is 29.8 Å². The Kier molecular flexibility index (Phi) is 7.56. The lowest BCUT2D eigenvalue weighted by Gasteiger charge is -2.32. The molecular weight excluding hydrogens is 324 g/mol. The van der Waals surface area contributed by atoms with E-state index in [2.05, 4.69) is 17.4 Å². The molecule has 4 nitrogen and oxygen atoms in total. The molecule has 1 fully saturated rings. The number of halogens is 1. The van der Waals surface area contributed by atoms with E-state index in [1.54, 1.807) is 7.11 Å². The predicted octanol–water partition coefficient (Wildman–Crippen LogP) is 3.56. The molecule has 1 aromatic rings. The van der Waals surface area contributed by atoms with E-state index < -0.39 is 5.54 Å². The summed E-state index contributed by atoms with van der Waals surface area (Å²) in [4.78, 5) is 12.4. The topological polar surface area (TPSA) is 64.4 Å². The van der Waals surface area contributed by atoms with Gasteiger partial charge in [-0.05, 0) is 43.9 Å². The number of carbonyl (C=O) groups is 1. The van der Waals surface area contributed by atoms with Crippen LogP contribution in [-0.4, -0.2) is 25.1 Å². The largest absolute Gasteiger partial charge is 0.497 e. The van der Waals surface area contributed by atoms with Gasteiger partial charge in [0.25, 0.3) is 0 Å². The van der Waals surface area contributed by atoms with Gasteiger partial charge in [0.1, 0.15) is 5.75 Å². The van der Waals surface area contributed by atoms with Crippen LogP contribution in [0, 0.1) is 0 Å². The number of ether oxygens (including phenoxy) is 1. The zero-order chi connectivity index (χ0) is 16.9. The Morgan fingerprint density at radius 1 is 1.38 bits per heavy atom. The van der Waals surface area contributed by atoms with E-state index in [0.29, 0.717) is 13.0 Å². The Bertz CT molecular complexity index is 540. The van der Waals surface area contributed by atoms with Crippen molar-refractivity contribution in [3.8, 4) is 5.75 Å². The van der Waals surface area contributed by atoms with Gasteiger partial charge in [-0.15, -0.1) is 12.4 Å². The first kappa shape index (κ1) is 20.8. The third-order valence-corrected chi connectivity index (χ3v) is 5.12. The van der Waals surface area contributed by atoms with Crippen LogP contribution in [-0.2, 0) is 10.2 Å². The lowest BCUT2D eigenvalue weighted by atomic mass is 9.78. The number of hydrogen-bond acceptors (Lipinski definition) is 3. The van der Waals surface area contributed by atoms with Crippen molar-refractivity contribution in [1.29, 1.82) is 0 Å². The van der Waals surface area contributed by atoms with Crippen molar-refractivity contribution in [1.82, 2.24) is 5.32 Å². The minimum absolute atomic E-state index is 0. The second kappa shape index (κ2) is 8.72. The normalized spacial score (nSPS) is 18.3. The van der Waals surface area contributed by atoms with E-state index >= 15 is 0 Å². The summed E-state index contributed by atoms with van der Waals surface area (Å²) in [6, 6.07) is 8.24.